The molecule has 2 nitrogen and oxygen atoms in total. The maximum Gasteiger partial charge on any atom is 0.0617 e. The Morgan fingerprint density at radius 3 is 2.58 bits per heavy atom. The van der Waals surface area contributed by atoms with Gasteiger partial charge in [-0.15, -0.1) is 0 Å². The molecule has 1 heterocycles. The summed E-state index contributed by atoms with van der Waals surface area (Å²) in [6.45, 7) is 7.14. The number of hydrogen-bond donors (Lipinski definition) is 0. The lowest BCUT2D eigenvalue weighted by atomic mass is 10.2. The van der Waals surface area contributed by atoms with Crippen LogP contribution in [0.5, 0.6) is 0 Å². The van der Waals surface area contributed by atoms with E-state index in [1.165, 1.54) is 25.9 Å². The summed E-state index contributed by atoms with van der Waals surface area (Å²) >= 11 is 0. The fourth-order valence-electron chi connectivity index (χ4n) is 2.08. The molecule has 0 radical (unpaired) electrons. The Hall–Kier alpha value is -0.0800. The molecule has 0 saturated carbocycles. The molecule has 1 atom stereocenters. The van der Waals surface area contributed by atoms with Gasteiger partial charge in [0, 0.05) is 6.54 Å². The second-order valence-electron chi connectivity index (χ2n) is 4.48. The zero-order valence-corrected chi connectivity index (χ0v) is 8.88. The molecule has 0 aromatic heterocycles. The summed E-state index contributed by atoms with van der Waals surface area (Å²) in [5.41, 5.74) is 0. The van der Waals surface area contributed by atoms with Crippen molar-refractivity contribution < 1.29 is 0 Å². The van der Waals surface area contributed by atoms with E-state index < -0.39 is 0 Å². The molecular formula is C10H22N2. The van der Waals surface area contributed by atoms with E-state index in [-0.39, 0.29) is 0 Å². The molecule has 0 spiro atoms. The minimum absolute atomic E-state index is 0.701. The molecule has 1 unspecified atom stereocenters. The van der Waals surface area contributed by atoms with E-state index in [4.69, 9.17) is 0 Å². The van der Waals surface area contributed by atoms with Gasteiger partial charge in [0.1, 0.15) is 0 Å². The second kappa shape index (κ2) is 4.24. The maximum absolute atomic E-state index is 2.60. The predicted molar refractivity (Wildman–Crippen MR) is 53.1 cm³/mol. The predicted octanol–water partition coefficient (Wildman–Crippen LogP) is 1.63. The number of hydrogen-bond acceptors (Lipinski definition) is 2. The summed E-state index contributed by atoms with van der Waals surface area (Å²) in [5.74, 6) is 0.797. The zero-order valence-electron chi connectivity index (χ0n) is 8.88. The Morgan fingerprint density at radius 1 is 1.42 bits per heavy atom. The summed E-state index contributed by atoms with van der Waals surface area (Å²) in [7, 11) is 4.37. The molecule has 0 aromatic rings. The highest BCUT2D eigenvalue weighted by Crippen LogP contribution is 2.19. The highest BCUT2D eigenvalue weighted by Gasteiger charge is 2.25. The van der Waals surface area contributed by atoms with Crippen LogP contribution in [-0.2, 0) is 0 Å². The van der Waals surface area contributed by atoms with Gasteiger partial charge in [-0.25, -0.2) is 0 Å². The van der Waals surface area contributed by atoms with Gasteiger partial charge in [-0.1, -0.05) is 13.8 Å². The van der Waals surface area contributed by atoms with Crippen LogP contribution in [0.15, 0.2) is 0 Å². The van der Waals surface area contributed by atoms with Gasteiger partial charge in [0.15, 0.2) is 0 Å². The monoisotopic (exact) mass is 170 g/mol. The summed E-state index contributed by atoms with van der Waals surface area (Å²) in [4.78, 5) is 4.94. The number of nitrogens with zero attached hydrogens (tertiary/aromatic N) is 2. The van der Waals surface area contributed by atoms with Gasteiger partial charge in [-0.2, -0.15) is 0 Å². The molecule has 0 amide bonds. The lowest BCUT2D eigenvalue weighted by molar-refractivity contribution is 0.109. The molecule has 1 aliphatic heterocycles. The quantitative estimate of drug-likeness (QED) is 0.635. The summed E-state index contributed by atoms with van der Waals surface area (Å²) in [6, 6.07) is 0. The van der Waals surface area contributed by atoms with E-state index in [9.17, 15) is 0 Å². The standard InChI is InChI=1S/C10H22N2/c1-9(2)8-12-7-5-6-10(12)11(3)4/h9-10H,5-8H2,1-4H3. The summed E-state index contributed by atoms with van der Waals surface area (Å²) < 4.78 is 0. The van der Waals surface area contributed by atoms with Gasteiger partial charge < -0.3 is 0 Å². The van der Waals surface area contributed by atoms with E-state index in [1.807, 2.05) is 0 Å². The Morgan fingerprint density at radius 2 is 2.08 bits per heavy atom. The van der Waals surface area contributed by atoms with Crippen LogP contribution in [0.3, 0.4) is 0 Å². The van der Waals surface area contributed by atoms with Crippen molar-refractivity contribution >= 4 is 0 Å². The van der Waals surface area contributed by atoms with Crippen LogP contribution in [0.2, 0.25) is 0 Å². The molecule has 0 aliphatic carbocycles. The van der Waals surface area contributed by atoms with Gasteiger partial charge in [-0.05, 0) is 39.4 Å². The average Bonchev–Trinajstić information content (AvgIpc) is 2.33. The van der Waals surface area contributed by atoms with Crippen LogP contribution in [0.4, 0.5) is 0 Å². The van der Waals surface area contributed by atoms with Crippen LogP contribution in [0.25, 0.3) is 0 Å². The molecular weight excluding hydrogens is 148 g/mol. The van der Waals surface area contributed by atoms with Crippen molar-refractivity contribution in [2.75, 3.05) is 27.2 Å². The number of rotatable bonds is 3. The molecule has 1 fully saturated rings. The van der Waals surface area contributed by atoms with Gasteiger partial charge in [0.05, 0.1) is 6.17 Å². The van der Waals surface area contributed by atoms with Crippen molar-refractivity contribution in [3.63, 3.8) is 0 Å². The van der Waals surface area contributed by atoms with Crippen LogP contribution in [0.1, 0.15) is 26.7 Å². The smallest absolute Gasteiger partial charge is 0.0617 e. The van der Waals surface area contributed by atoms with E-state index in [0.717, 1.165) is 5.92 Å². The second-order valence-corrected chi connectivity index (χ2v) is 4.48. The lowest BCUT2D eigenvalue weighted by Crippen LogP contribution is -2.41. The Labute approximate surface area is 76.5 Å². The Bertz CT molecular complexity index is 132. The average molecular weight is 170 g/mol. The highest BCUT2D eigenvalue weighted by molar-refractivity contribution is 4.77. The van der Waals surface area contributed by atoms with E-state index in [0.29, 0.717) is 6.17 Å². The lowest BCUT2D eigenvalue weighted by Gasteiger charge is -2.30. The highest BCUT2D eigenvalue weighted by atomic mass is 15.3. The molecule has 0 bridgehead atoms. The van der Waals surface area contributed by atoms with Gasteiger partial charge in [0.25, 0.3) is 0 Å². The zero-order chi connectivity index (χ0) is 9.14. The van der Waals surface area contributed by atoms with Gasteiger partial charge >= 0.3 is 0 Å². The fraction of sp³-hybridized carbons (Fsp3) is 1.00. The molecule has 0 aromatic carbocycles. The minimum atomic E-state index is 0.701. The molecule has 1 saturated heterocycles. The first kappa shape index (κ1) is 10.0. The first-order chi connectivity index (χ1) is 5.61. The number of likely N-dealkylation sites (tertiary alicyclic amines) is 1. The van der Waals surface area contributed by atoms with Gasteiger partial charge in [0.2, 0.25) is 0 Å². The van der Waals surface area contributed by atoms with Crippen LogP contribution in [0, 0.1) is 5.92 Å². The molecule has 0 N–H and O–H groups in total. The van der Waals surface area contributed by atoms with Crippen molar-refractivity contribution in [2.45, 2.75) is 32.9 Å². The van der Waals surface area contributed by atoms with E-state index in [1.54, 1.807) is 0 Å². The fourth-order valence-corrected chi connectivity index (χ4v) is 2.08. The Balaban J connectivity index is 2.41. The third-order valence-electron chi connectivity index (χ3n) is 2.52. The topological polar surface area (TPSA) is 6.48 Å². The first-order valence-corrected chi connectivity index (χ1v) is 5.01. The molecule has 1 rings (SSSR count). The van der Waals surface area contributed by atoms with Crippen molar-refractivity contribution in [1.82, 2.24) is 9.80 Å². The summed E-state index contributed by atoms with van der Waals surface area (Å²) in [6.07, 6.45) is 3.42. The van der Waals surface area contributed by atoms with Crippen LogP contribution < -0.4 is 0 Å². The van der Waals surface area contributed by atoms with E-state index in [2.05, 4.69) is 37.7 Å². The largest absolute Gasteiger partial charge is 0.294 e. The van der Waals surface area contributed by atoms with Crippen LogP contribution in [-0.4, -0.2) is 43.2 Å². The van der Waals surface area contributed by atoms with Crippen molar-refractivity contribution in [1.29, 1.82) is 0 Å². The first-order valence-electron chi connectivity index (χ1n) is 5.01. The Kier molecular flexibility index (Phi) is 3.53. The molecule has 2 heteroatoms. The maximum atomic E-state index is 2.60. The van der Waals surface area contributed by atoms with Gasteiger partial charge in [-0.3, -0.25) is 9.80 Å². The third-order valence-corrected chi connectivity index (χ3v) is 2.52. The van der Waals surface area contributed by atoms with Crippen molar-refractivity contribution in [2.24, 2.45) is 5.92 Å². The third kappa shape index (κ3) is 2.46. The molecule has 12 heavy (non-hydrogen) atoms. The molecule has 72 valence electrons. The normalized spacial score (nSPS) is 26.0. The van der Waals surface area contributed by atoms with Crippen molar-refractivity contribution in [3.8, 4) is 0 Å². The molecule has 1 aliphatic rings. The van der Waals surface area contributed by atoms with E-state index >= 15 is 0 Å². The van der Waals surface area contributed by atoms with Crippen LogP contribution >= 0.6 is 0 Å². The van der Waals surface area contributed by atoms with Crippen molar-refractivity contribution in [3.05, 3.63) is 0 Å². The SMILES string of the molecule is CC(C)CN1CCCC1N(C)C. The minimum Gasteiger partial charge on any atom is -0.294 e. The summed E-state index contributed by atoms with van der Waals surface area (Å²) in [5, 5.41) is 0.